The fourth-order valence-electron chi connectivity index (χ4n) is 2.67. The molecular weight excluding hydrogens is 352 g/mol. The lowest BCUT2D eigenvalue weighted by molar-refractivity contribution is 0.408. The topological polar surface area (TPSA) is 99.2 Å². The Labute approximate surface area is 152 Å². The van der Waals surface area contributed by atoms with Gasteiger partial charge in [-0.05, 0) is 18.2 Å². The van der Waals surface area contributed by atoms with Crippen molar-refractivity contribution >= 4 is 21.7 Å². The maximum atomic E-state index is 11.4. The van der Waals surface area contributed by atoms with Gasteiger partial charge in [0.05, 0.1) is 25.6 Å². The van der Waals surface area contributed by atoms with Gasteiger partial charge in [-0.2, -0.15) is 0 Å². The van der Waals surface area contributed by atoms with Crippen LogP contribution in [0.5, 0.6) is 5.75 Å². The molecule has 26 heavy (non-hydrogen) atoms. The highest BCUT2D eigenvalue weighted by Gasteiger charge is 2.11. The van der Waals surface area contributed by atoms with Gasteiger partial charge >= 0.3 is 0 Å². The van der Waals surface area contributed by atoms with Crippen LogP contribution < -0.4 is 15.2 Å². The SMILES string of the molecule is COc1ccccc1Cn1cc(-c2cccc(NS(C)(=O)=O)c2)nc1N. The molecule has 0 amide bonds. The third-order valence-corrected chi connectivity index (χ3v) is 4.41. The molecule has 7 nitrogen and oxygen atoms in total. The number of nitrogens with one attached hydrogen (secondary N) is 1. The fraction of sp³-hybridized carbons (Fsp3) is 0.167. The molecule has 0 fully saturated rings. The zero-order chi connectivity index (χ0) is 18.7. The normalized spacial score (nSPS) is 11.3. The van der Waals surface area contributed by atoms with E-state index in [9.17, 15) is 8.42 Å². The third kappa shape index (κ3) is 4.15. The second-order valence-corrected chi connectivity index (χ2v) is 7.63. The van der Waals surface area contributed by atoms with E-state index in [1.165, 1.54) is 0 Å². The van der Waals surface area contributed by atoms with Crippen molar-refractivity contribution < 1.29 is 13.2 Å². The average molecular weight is 372 g/mol. The molecule has 3 N–H and O–H groups in total. The van der Waals surface area contributed by atoms with Crippen LogP contribution in [0.2, 0.25) is 0 Å². The number of nitrogens with two attached hydrogens (primary N) is 1. The summed E-state index contributed by atoms with van der Waals surface area (Å²) in [6.45, 7) is 0.518. The number of ether oxygens (including phenoxy) is 1. The van der Waals surface area contributed by atoms with Crippen LogP contribution in [0, 0.1) is 0 Å². The van der Waals surface area contributed by atoms with Gasteiger partial charge < -0.3 is 15.0 Å². The molecule has 3 aromatic rings. The van der Waals surface area contributed by atoms with E-state index in [4.69, 9.17) is 10.5 Å². The number of hydrogen-bond acceptors (Lipinski definition) is 5. The van der Waals surface area contributed by atoms with E-state index in [1.54, 1.807) is 25.3 Å². The number of nitrogens with zero attached hydrogens (tertiary/aromatic N) is 2. The Morgan fingerprint density at radius 3 is 2.69 bits per heavy atom. The molecule has 136 valence electrons. The summed E-state index contributed by atoms with van der Waals surface area (Å²) in [6, 6.07) is 14.7. The first-order chi connectivity index (χ1) is 12.4. The fourth-order valence-corrected chi connectivity index (χ4v) is 3.22. The van der Waals surface area contributed by atoms with Crippen LogP contribution in [0.15, 0.2) is 54.7 Å². The lowest BCUT2D eigenvalue weighted by Crippen LogP contribution is -2.09. The molecular formula is C18H20N4O3S. The van der Waals surface area contributed by atoms with Crippen molar-refractivity contribution in [2.45, 2.75) is 6.54 Å². The predicted octanol–water partition coefficient (Wildman–Crippen LogP) is 2.56. The number of anilines is 2. The van der Waals surface area contributed by atoms with Crippen molar-refractivity contribution in [3.05, 3.63) is 60.3 Å². The molecule has 1 aromatic heterocycles. The molecule has 0 bridgehead atoms. The number of rotatable bonds is 6. The molecule has 0 saturated carbocycles. The minimum absolute atomic E-state index is 0.368. The smallest absolute Gasteiger partial charge is 0.229 e. The van der Waals surface area contributed by atoms with E-state index < -0.39 is 10.0 Å². The van der Waals surface area contributed by atoms with E-state index in [0.29, 0.717) is 23.9 Å². The Hall–Kier alpha value is -3.00. The average Bonchev–Trinajstić information content (AvgIpc) is 2.95. The summed E-state index contributed by atoms with van der Waals surface area (Å²) in [5, 5.41) is 0. The summed E-state index contributed by atoms with van der Waals surface area (Å²) >= 11 is 0. The predicted molar refractivity (Wildman–Crippen MR) is 103 cm³/mol. The Morgan fingerprint density at radius 2 is 1.96 bits per heavy atom. The Bertz CT molecular complexity index is 1030. The lowest BCUT2D eigenvalue weighted by Gasteiger charge is -2.09. The number of methoxy groups -OCH3 is 1. The highest BCUT2D eigenvalue weighted by atomic mass is 32.2. The third-order valence-electron chi connectivity index (χ3n) is 3.80. The van der Waals surface area contributed by atoms with Crippen LogP contribution in [0.4, 0.5) is 11.6 Å². The standard InChI is InChI=1S/C18H20N4O3S/c1-25-17-9-4-3-6-14(17)11-22-12-16(20-18(22)19)13-7-5-8-15(10-13)21-26(2,23)24/h3-10,12,21H,11H2,1-2H3,(H2,19,20). The highest BCUT2D eigenvalue weighted by Crippen LogP contribution is 2.25. The van der Waals surface area contributed by atoms with Gasteiger partial charge in [-0.25, -0.2) is 13.4 Å². The van der Waals surface area contributed by atoms with Crippen LogP contribution in [-0.2, 0) is 16.6 Å². The van der Waals surface area contributed by atoms with Gasteiger partial charge in [0.2, 0.25) is 16.0 Å². The molecule has 0 aliphatic carbocycles. The Balaban J connectivity index is 1.90. The zero-order valence-electron chi connectivity index (χ0n) is 14.5. The summed E-state index contributed by atoms with van der Waals surface area (Å²) < 4.78 is 32.5. The van der Waals surface area contributed by atoms with Crippen LogP contribution in [0.1, 0.15) is 5.56 Å². The van der Waals surface area contributed by atoms with Crippen molar-refractivity contribution in [1.82, 2.24) is 9.55 Å². The molecule has 0 unspecified atom stereocenters. The second-order valence-electron chi connectivity index (χ2n) is 5.88. The van der Waals surface area contributed by atoms with Crippen LogP contribution in [-0.4, -0.2) is 31.3 Å². The number of nitrogen functional groups attached to an aromatic ring is 1. The minimum Gasteiger partial charge on any atom is -0.496 e. The van der Waals surface area contributed by atoms with Gasteiger partial charge in [-0.3, -0.25) is 4.72 Å². The van der Waals surface area contributed by atoms with Gasteiger partial charge in [0.1, 0.15) is 5.75 Å². The maximum Gasteiger partial charge on any atom is 0.229 e. The van der Waals surface area contributed by atoms with Crippen LogP contribution >= 0.6 is 0 Å². The number of aromatic nitrogens is 2. The molecule has 2 aromatic carbocycles. The minimum atomic E-state index is -3.34. The summed E-state index contributed by atoms with van der Waals surface area (Å²) in [5.74, 6) is 1.15. The Kier molecular flexibility index (Phi) is 4.85. The van der Waals surface area contributed by atoms with Crippen LogP contribution in [0.25, 0.3) is 11.3 Å². The quantitative estimate of drug-likeness (QED) is 0.693. The van der Waals surface area contributed by atoms with Crippen molar-refractivity contribution in [2.24, 2.45) is 0 Å². The number of sulfonamides is 1. The summed E-state index contributed by atoms with van der Waals surface area (Å²) in [6.07, 6.45) is 2.95. The molecule has 3 rings (SSSR count). The van der Waals surface area contributed by atoms with Gasteiger partial charge in [0.15, 0.2) is 0 Å². The largest absolute Gasteiger partial charge is 0.496 e. The molecule has 8 heteroatoms. The molecule has 1 heterocycles. The van der Waals surface area contributed by atoms with Crippen molar-refractivity contribution in [3.63, 3.8) is 0 Å². The summed E-state index contributed by atoms with van der Waals surface area (Å²) in [5.41, 5.74) is 8.95. The van der Waals surface area contributed by atoms with E-state index in [-0.39, 0.29) is 0 Å². The van der Waals surface area contributed by atoms with E-state index in [1.807, 2.05) is 41.1 Å². The van der Waals surface area contributed by atoms with Gasteiger partial charge in [-0.1, -0.05) is 30.3 Å². The molecule has 0 aliphatic heterocycles. The number of imidazole rings is 1. The van der Waals surface area contributed by atoms with Crippen molar-refractivity contribution in [1.29, 1.82) is 0 Å². The summed E-state index contributed by atoms with van der Waals surface area (Å²) in [4.78, 5) is 4.39. The van der Waals surface area contributed by atoms with Gasteiger partial charge in [0, 0.05) is 23.0 Å². The maximum absolute atomic E-state index is 11.4. The number of benzene rings is 2. The van der Waals surface area contributed by atoms with E-state index >= 15 is 0 Å². The molecule has 0 atom stereocenters. The zero-order valence-corrected chi connectivity index (χ0v) is 15.3. The van der Waals surface area contributed by atoms with Crippen LogP contribution in [0.3, 0.4) is 0 Å². The van der Waals surface area contributed by atoms with Gasteiger partial charge in [0.25, 0.3) is 0 Å². The lowest BCUT2D eigenvalue weighted by atomic mass is 10.1. The van der Waals surface area contributed by atoms with Crippen molar-refractivity contribution in [2.75, 3.05) is 23.8 Å². The van der Waals surface area contributed by atoms with E-state index in [2.05, 4.69) is 9.71 Å². The number of para-hydroxylation sites is 1. The van der Waals surface area contributed by atoms with Gasteiger partial charge in [-0.15, -0.1) is 0 Å². The second kappa shape index (κ2) is 7.09. The highest BCUT2D eigenvalue weighted by molar-refractivity contribution is 7.92. The molecule has 0 spiro atoms. The number of hydrogen-bond donors (Lipinski definition) is 2. The molecule has 0 aliphatic rings. The first-order valence-corrected chi connectivity index (χ1v) is 9.77. The molecule has 0 saturated heterocycles. The summed E-state index contributed by atoms with van der Waals surface area (Å²) in [7, 11) is -1.71. The Morgan fingerprint density at radius 1 is 1.19 bits per heavy atom. The first-order valence-electron chi connectivity index (χ1n) is 7.88. The van der Waals surface area contributed by atoms with E-state index in [0.717, 1.165) is 23.1 Å². The van der Waals surface area contributed by atoms with Crippen molar-refractivity contribution in [3.8, 4) is 17.0 Å². The first kappa shape index (κ1) is 17.8. The molecule has 0 radical (unpaired) electrons. The monoisotopic (exact) mass is 372 g/mol.